The average Bonchev–Trinajstić information content (AvgIpc) is 2.99. The molecule has 0 aliphatic carbocycles. The predicted octanol–water partition coefficient (Wildman–Crippen LogP) is 1.41. The highest BCUT2D eigenvalue weighted by atomic mass is 32.2. The number of halogens is 3. The highest BCUT2D eigenvalue weighted by Gasteiger charge is 2.35. The second kappa shape index (κ2) is 8.97. The number of rotatable bonds is 9. The lowest BCUT2D eigenvalue weighted by atomic mass is 10.3. The third-order valence-electron chi connectivity index (χ3n) is 4.23. The maximum atomic E-state index is 12.4. The monoisotopic (exact) mass is 444 g/mol. The first-order valence-corrected chi connectivity index (χ1v) is 12.0. The first-order chi connectivity index (χ1) is 12.9. The van der Waals surface area contributed by atoms with Gasteiger partial charge in [0.25, 0.3) is 0 Å². The number of hydrogen-bond donors (Lipinski definition) is 1. The molecule has 1 aromatic carbocycles. The number of sulfone groups is 1. The molecule has 2 rings (SSSR count). The van der Waals surface area contributed by atoms with Crippen molar-refractivity contribution in [1.29, 1.82) is 0 Å². The van der Waals surface area contributed by atoms with Crippen LogP contribution in [0.15, 0.2) is 29.2 Å². The minimum atomic E-state index is -4.32. The van der Waals surface area contributed by atoms with Gasteiger partial charge >= 0.3 is 6.18 Å². The molecule has 1 saturated heterocycles. The van der Waals surface area contributed by atoms with E-state index >= 15 is 0 Å². The van der Waals surface area contributed by atoms with E-state index in [1.54, 1.807) is 0 Å². The van der Waals surface area contributed by atoms with E-state index in [1.807, 2.05) is 0 Å². The third-order valence-corrected chi connectivity index (χ3v) is 7.44. The van der Waals surface area contributed by atoms with Gasteiger partial charge in [0.15, 0.2) is 9.84 Å². The van der Waals surface area contributed by atoms with Crippen molar-refractivity contribution >= 4 is 19.9 Å². The molecule has 0 aromatic heterocycles. The Labute approximate surface area is 162 Å². The van der Waals surface area contributed by atoms with Crippen LogP contribution in [0.1, 0.15) is 13.3 Å². The molecule has 1 aliphatic rings. The molecular formula is C16H23F3N2O5S2. The van der Waals surface area contributed by atoms with E-state index in [1.165, 1.54) is 31.2 Å². The number of alkyl halides is 3. The smallest absolute Gasteiger partial charge is 0.401 e. The molecule has 28 heavy (non-hydrogen) atoms. The summed E-state index contributed by atoms with van der Waals surface area (Å²) in [4.78, 5) is 1.12. The van der Waals surface area contributed by atoms with Crippen LogP contribution < -0.4 is 9.46 Å². The molecule has 7 nitrogen and oxygen atoms in total. The zero-order valence-corrected chi connectivity index (χ0v) is 16.9. The Bertz CT molecular complexity index is 855. The summed E-state index contributed by atoms with van der Waals surface area (Å²) >= 11 is 0. The van der Waals surface area contributed by atoms with Crippen molar-refractivity contribution in [2.75, 3.05) is 37.7 Å². The molecule has 0 radical (unpaired) electrons. The van der Waals surface area contributed by atoms with Crippen LogP contribution >= 0.6 is 0 Å². The lowest BCUT2D eigenvalue weighted by Crippen LogP contribution is -2.39. The van der Waals surface area contributed by atoms with Gasteiger partial charge in [-0.25, -0.2) is 21.6 Å². The zero-order valence-electron chi connectivity index (χ0n) is 15.3. The van der Waals surface area contributed by atoms with E-state index in [9.17, 15) is 30.0 Å². The summed E-state index contributed by atoms with van der Waals surface area (Å²) in [6.07, 6.45) is -4.03. The fourth-order valence-electron chi connectivity index (χ4n) is 2.76. The standard InChI is InChI=1S/C16H23F3N2O5S2/c1-2-27(22,23)10-9-26-14-3-5-15(6-4-14)28(24,25)20-13-7-8-21(11-13)12-16(17,18)19/h3-6,13,20H,2,7-12H2,1H3. The molecule has 1 N–H and O–H groups in total. The summed E-state index contributed by atoms with van der Waals surface area (Å²) in [5.41, 5.74) is 0. The van der Waals surface area contributed by atoms with Gasteiger partial charge < -0.3 is 4.74 Å². The topological polar surface area (TPSA) is 92.8 Å². The number of sulfonamides is 1. The Hall–Kier alpha value is -1.37. The van der Waals surface area contributed by atoms with Crippen LogP contribution in [0, 0.1) is 0 Å². The molecule has 0 bridgehead atoms. The number of nitrogens with zero attached hydrogens (tertiary/aromatic N) is 1. The van der Waals surface area contributed by atoms with E-state index < -0.39 is 38.6 Å². The van der Waals surface area contributed by atoms with Gasteiger partial charge in [-0.3, -0.25) is 4.90 Å². The van der Waals surface area contributed by atoms with E-state index in [-0.39, 0.29) is 36.1 Å². The van der Waals surface area contributed by atoms with Gasteiger partial charge in [0.05, 0.1) is 17.2 Å². The number of hydrogen-bond acceptors (Lipinski definition) is 6. The summed E-state index contributed by atoms with van der Waals surface area (Å²) in [5.74, 6) is 0.199. The van der Waals surface area contributed by atoms with Crippen molar-refractivity contribution in [2.24, 2.45) is 0 Å². The SMILES string of the molecule is CCS(=O)(=O)CCOc1ccc(S(=O)(=O)NC2CCN(CC(F)(F)F)C2)cc1. The minimum absolute atomic E-state index is 0.00810. The Kier molecular flexibility index (Phi) is 7.34. The largest absolute Gasteiger partial charge is 0.493 e. The number of ether oxygens (including phenoxy) is 1. The number of likely N-dealkylation sites (tertiary alicyclic amines) is 1. The molecule has 0 amide bonds. The van der Waals surface area contributed by atoms with Crippen LogP contribution in [0.3, 0.4) is 0 Å². The first-order valence-electron chi connectivity index (χ1n) is 8.65. The van der Waals surface area contributed by atoms with Gasteiger partial charge in [0.1, 0.15) is 12.4 Å². The van der Waals surface area contributed by atoms with Gasteiger partial charge in [-0.2, -0.15) is 13.2 Å². The normalized spacial score (nSPS) is 19.1. The molecule has 0 spiro atoms. The maximum absolute atomic E-state index is 12.4. The molecule has 0 saturated carbocycles. The highest BCUT2D eigenvalue weighted by Crippen LogP contribution is 2.21. The van der Waals surface area contributed by atoms with Crippen molar-refractivity contribution < 1.29 is 34.7 Å². The van der Waals surface area contributed by atoms with Crippen molar-refractivity contribution in [3.05, 3.63) is 24.3 Å². The van der Waals surface area contributed by atoms with Crippen LogP contribution in [0.4, 0.5) is 13.2 Å². The lowest BCUT2D eigenvalue weighted by molar-refractivity contribution is -0.143. The van der Waals surface area contributed by atoms with Crippen LogP contribution in [-0.2, 0) is 19.9 Å². The minimum Gasteiger partial charge on any atom is -0.493 e. The fourth-order valence-corrected chi connectivity index (χ4v) is 4.65. The quantitative estimate of drug-likeness (QED) is 0.619. The molecule has 1 aromatic rings. The molecule has 1 aliphatic heterocycles. The summed E-state index contributed by atoms with van der Waals surface area (Å²) in [6.45, 7) is 0.587. The van der Waals surface area contributed by atoms with Gasteiger partial charge in [0, 0.05) is 24.9 Å². The van der Waals surface area contributed by atoms with E-state index in [0.717, 1.165) is 4.90 Å². The third kappa shape index (κ3) is 7.22. The average molecular weight is 444 g/mol. The second-order valence-electron chi connectivity index (χ2n) is 6.51. The summed E-state index contributed by atoms with van der Waals surface area (Å²) in [7, 11) is -7.04. The van der Waals surface area contributed by atoms with Crippen molar-refractivity contribution in [2.45, 2.75) is 30.5 Å². The van der Waals surface area contributed by atoms with Gasteiger partial charge in [-0.15, -0.1) is 0 Å². The predicted molar refractivity (Wildman–Crippen MR) is 97.5 cm³/mol. The number of nitrogens with one attached hydrogen (secondary N) is 1. The Morgan fingerprint density at radius 2 is 1.82 bits per heavy atom. The summed E-state index contributed by atoms with van der Waals surface area (Å²) < 4.78 is 92.6. The highest BCUT2D eigenvalue weighted by molar-refractivity contribution is 7.91. The second-order valence-corrected chi connectivity index (χ2v) is 10.7. The molecule has 1 atom stereocenters. The van der Waals surface area contributed by atoms with Crippen molar-refractivity contribution in [1.82, 2.24) is 9.62 Å². The molecular weight excluding hydrogens is 421 g/mol. The van der Waals surface area contributed by atoms with E-state index in [4.69, 9.17) is 4.74 Å². The molecule has 1 unspecified atom stereocenters. The maximum Gasteiger partial charge on any atom is 0.401 e. The van der Waals surface area contributed by atoms with E-state index in [0.29, 0.717) is 12.2 Å². The van der Waals surface area contributed by atoms with Crippen molar-refractivity contribution in [3.8, 4) is 5.75 Å². The molecule has 160 valence electrons. The first kappa shape index (κ1) is 22.9. The van der Waals surface area contributed by atoms with Crippen molar-refractivity contribution in [3.63, 3.8) is 0 Å². The Morgan fingerprint density at radius 1 is 1.18 bits per heavy atom. The molecule has 1 fully saturated rings. The van der Waals surface area contributed by atoms with E-state index in [2.05, 4.69) is 4.72 Å². The van der Waals surface area contributed by atoms with Crippen LogP contribution in [0.2, 0.25) is 0 Å². The van der Waals surface area contributed by atoms with Gasteiger partial charge in [-0.1, -0.05) is 6.92 Å². The Morgan fingerprint density at radius 3 is 2.39 bits per heavy atom. The number of benzene rings is 1. The molecule has 1 heterocycles. The van der Waals surface area contributed by atoms with Crippen LogP contribution in [0.25, 0.3) is 0 Å². The lowest BCUT2D eigenvalue weighted by Gasteiger charge is -2.18. The molecule has 12 heteroatoms. The summed E-state index contributed by atoms with van der Waals surface area (Å²) in [6, 6.07) is 4.81. The Balaban J connectivity index is 1.90. The fraction of sp³-hybridized carbons (Fsp3) is 0.625. The van der Waals surface area contributed by atoms with Gasteiger partial charge in [0.2, 0.25) is 10.0 Å². The van der Waals surface area contributed by atoms with Crippen LogP contribution in [0.5, 0.6) is 5.75 Å². The summed E-state index contributed by atoms with van der Waals surface area (Å²) in [5, 5.41) is 0. The zero-order chi connectivity index (χ0) is 21.0. The van der Waals surface area contributed by atoms with Gasteiger partial charge in [-0.05, 0) is 30.7 Å². The van der Waals surface area contributed by atoms with Crippen LogP contribution in [-0.4, -0.2) is 71.7 Å².